The second-order valence-corrected chi connectivity index (χ2v) is 3.84. The molecule has 0 fully saturated rings. The lowest BCUT2D eigenvalue weighted by atomic mass is 10.1. The Kier molecular flexibility index (Phi) is 2.34. The van der Waals surface area contributed by atoms with Crippen LogP contribution in [0, 0.1) is 0 Å². The normalized spacial score (nSPS) is 10.9. The molecule has 0 amide bonds. The van der Waals surface area contributed by atoms with Crippen LogP contribution in [0.2, 0.25) is 0 Å². The highest BCUT2D eigenvalue weighted by atomic mass is 15.0. The fraction of sp³-hybridized carbons (Fsp3) is 0.0769. The summed E-state index contributed by atoms with van der Waals surface area (Å²) in [5.41, 5.74) is 9.50. The summed E-state index contributed by atoms with van der Waals surface area (Å²) in [6, 6.07) is 10.1. The van der Waals surface area contributed by atoms with Crippen LogP contribution in [0.1, 0.15) is 5.69 Å². The number of rotatable bonds is 2. The van der Waals surface area contributed by atoms with Crippen LogP contribution in [0.4, 0.5) is 0 Å². The van der Waals surface area contributed by atoms with Gasteiger partial charge in [0.05, 0.1) is 5.69 Å². The van der Waals surface area contributed by atoms with Gasteiger partial charge in [-0.2, -0.15) is 0 Å². The zero-order valence-corrected chi connectivity index (χ0v) is 9.24. The molecule has 3 rings (SSSR count). The molecule has 2 N–H and O–H groups in total. The third-order valence-corrected chi connectivity index (χ3v) is 2.71. The number of imidazole rings is 1. The van der Waals surface area contributed by atoms with E-state index in [2.05, 4.69) is 9.97 Å². The molecule has 0 spiro atoms. The Labute approximate surface area is 98.8 Å². The molecule has 0 bridgehead atoms. The van der Waals surface area contributed by atoms with Crippen molar-refractivity contribution in [1.82, 2.24) is 14.4 Å². The van der Waals surface area contributed by atoms with E-state index in [-0.39, 0.29) is 0 Å². The minimum atomic E-state index is 0.440. The first-order valence-electron chi connectivity index (χ1n) is 5.45. The summed E-state index contributed by atoms with van der Waals surface area (Å²) in [6.07, 6.45) is 5.49. The van der Waals surface area contributed by atoms with E-state index in [0.29, 0.717) is 6.54 Å². The summed E-state index contributed by atoms with van der Waals surface area (Å²) in [6.45, 7) is 0.440. The summed E-state index contributed by atoms with van der Waals surface area (Å²) in [5, 5.41) is 0. The van der Waals surface area contributed by atoms with Crippen molar-refractivity contribution < 1.29 is 0 Å². The Balaban J connectivity index is 2.26. The Hall–Kier alpha value is -2.20. The third-order valence-electron chi connectivity index (χ3n) is 2.71. The first-order chi connectivity index (χ1) is 8.38. The van der Waals surface area contributed by atoms with Crippen molar-refractivity contribution >= 4 is 5.65 Å². The van der Waals surface area contributed by atoms with Gasteiger partial charge < -0.3 is 5.73 Å². The molecule has 17 heavy (non-hydrogen) atoms. The van der Waals surface area contributed by atoms with Crippen molar-refractivity contribution in [2.24, 2.45) is 5.73 Å². The van der Waals surface area contributed by atoms with E-state index in [1.165, 1.54) is 0 Å². The van der Waals surface area contributed by atoms with Crippen molar-refractivity contribution in [2.45, 2.75) is 6.54 Å². The fourth-order valence-electron chi connectivity index (χ4n) is 1.89. The van der Waals surface area contributed by atoms with Gasteiger partial charge in [-0.05, 0) is 5.56 Å². The Morgan fingerprint density at radius 3 is 2.76 bits per heavy atom. The largest absolute Gasteiger partial charge is 0.325 e. The Morgan fingerprint density at radius 2 is 2.00 bits per heavy atom. The second-order valence-electron chi connectivity index (χ2n) is 3.84. The number of hydrogen-bond acceptors (Lipinski definition) is 3. The molecule has 0 radical (unpaired) electrons. The van der Waals surface area contributed by atoms with Crippen molar-refractivity contribution in [1.29, 1.82) is 0 Å². The highest BCUT2D eigenvalue weighted by Crippen LogP contribution is 2.22. The van der Waals surface area contributed by atoms with E-state index in [1.54, 1.807) is 6.33 Å². The van der Waals surface area contributed by atoms with E-state index in [4.69, 9.17) is 5.73 Å². The lowest BCUT2D eigenvalue weighted by molar-refractivity contribution is 1.01. The van der Waals surface area contributed by atoms with Gasteiger partial charge in [-0.3, -0.25) is 4.40 Å². The Bertz CT molecular complexity index is 643. The van der Waals surface area contributed by atoms with Crippen LogP contribution in [0.25, 0.3) is 16.8 Å². The minimum Gasteiger partial charge on any atom is -0.325 e. The molecule has 0 saturated heterocycles. The molecule has 84 valence electrons. The topological polar surface area (TPSA) is 56.2 Å². The van der Waals surface area contributed by atoms with Gasteiger partial charge in [0, 0.05) is 24.5 Å². The van der Waals surface area contributed by atoms with Gasteiger partial charge in [0.1, 0.15) is 12.0 Å². The van der Waals surface area contributed by atoms with Crippen molar-refractivity contribution in [2.75, 3.05) is 0 Å². The second kappa shape index (κ2) is 3.99. The highest BCUT2D eigenvalue weighted by Gasteiger charge is 2.07. The Morgan fingerprint density at radius 1 is 1.18 bits per heavy atom. The van der Waals surface area contributed by atoms with Gasteiger partial charge in [-0.15, -0.1) is 0 Å². The molecular weight excluding hydrogens is 212 g/mol. The average molecular weight is 224 g/mol. The van der Waals surface area contributed by atoms with E-state index in [0.717, 1.165) is 22.5 Å². The molecular formula is C13H12N4. The number of nitrogens with zero attached hydrogens (tertiary/aromatic N) is 3. The zero-order valence-electron chi connectivity index (χ0n) is 9.24. The molecule has 1 aromatic carbocycles. The lowest BCUT2D eigenvalue weighted by Crippen LogP contribution is -1.95. The summed E-state index contributed by atoms with van der Waals surface area (Å²) in [5.74, 6) is 0. The van der Waals surface area contributed by atoms with Crippen LogP contribution < -0.4 is 5.73 Å². The molecule has 4 nitrogen and oxygen atoms in total. The molecule has 4 heteroatoms. The number of nitrogens with two attached hydrogens (primary N) is 1. The summed E-state index contributed by atoms with van der Waals surface area (Å²) in [7, 11) is 0. The van der Waals surface area contributed by atoms with Crippen molar-refractivity contribution in [3.63, 3.8) is 0 Å². The highest BCUT2D eigenvalue weighted by molar-refractivity contribution is 5.76. The van der Waals surface area contributed by atoms with E-state index in [9.17, 15) is 0 Å². The number of benzene rings is 1. The maximum Gasteiger partial charge on any atom is 0.147 e. The molecule has 0 aliphatic carbocycles. The lowest BCUT2D eigenvalue weighted by Gasteiger charge is -2.02. The van der Waals surface area contributed by atoms with Crippen LogP contribution in [0.3, 0.4) is 0 Å². The van der Waals surface area contributed by atoms with Crippen molar-refractivity contribution in [3.8, 4) is 11.1 Å². The van der Waals surface area contributed by atoms with E-state index < -0.39 is 0 Å². The van der Waals surface area contributed by atoms with Crippen LogP contribution in [0.15, 0.2) is 49.1 Å². The minimum absolute atomic E-state index is 0.440. The quantitative estimate of drug-likeness (QED) is 0.722. The van der Waals surface area contributed by atoms with Gasteiger partial charge in [0.25, 0.3) is 0 Å². The van der Waals surface area contributed by atoms with Crippen LogP contribution >= 0.6 is 0 Å². The van der Waals surface area contributed by atoms with Crippen molar-refractivity contribution in [3.05, 3.63) is 54.7 Å². The fourth-order valence-corrected chi connectivity index (χ4v) is 1.89. The molecule has 0 aliphatic heterocycles. The van der Waals surface area contributed by atoms with Gasteiger partial charge in [-0.25, -0.2) is 9.97 Å². The molecule has 2 aromatic heterocycles. The van der Waals surface area contributed by atoms with Crippen LogP contribution in [-0.4, -0.2) is 14.4 Å². The smallest absolute Gasteiger partial charge is 0.147 e. The first kappa shape index (κ1) is 9.99. The third kappa shape index (κ3) is 1.68. The number of aromatic nitrogens is 3. The molecule has 0 saturated carbocycles. The van der Waals surface area contributed by atoms with Crippen LogP contribution in [0.5, 0.6) is 0 Å². The maximum atomic E-state index is 5.61. The van der Waals surface area contributed by atoms with Gasteiger partial charge in [0.15, 0.2) is 0 Å². The summed E-state index contributed by atoms with van der Waals surface area (Å²) in [4.78, 5) is 8.72. The maximum absolute atomic E-state index is 5.61. The van der Waals surface area contributed by atoms with Gasteiger partial charge >= 0.3 is 0 Å². The van der Waals surface area contributed by atoms with Gasteiger partial charge in [-0.1, -0.05) is 30.3 Å². The standard InChI is InChI=1S/C13H12N4/c14-6-11-8-17-9-15-7-12(13(17)16-11)10-4-2-1-3-5-10/h1-5,7-9H,6,14H2. The molecule has 0 atom stereocenters. The molecule has 0 unspecified atom stereocenters. The number of hydrogen-bond donors (Lipinski definition) is 1. The summed E-state index contributed by atoms with van der Waals surface area (Å²) < 4.78 is 1.91. The van der Waals surface area contributed by atoms with E-state index >= 15 is 0 Å². The monoisotopic (exact) mass is 224 g/mol. The first-order valence-corrected chi connectivity index (χ1v) is 5.45. The SMILES string of the molecule is NCc1cn2cncc(-c3ccccc3)c2n1. The van der Waals surface area contributed by atoms with Crippen LogP contribution in [-0.2, 0) is 6.54 Å². The average Bonchev–Trinajstić information content (AvgIpc) is 2.82. The van der Waals surface area contributed by atoms with E-state index in [1.807, 2.05) is 47.1 Å². The predicted octanol–water partition coefficient (Wildman–Crippen LogP) is 1.85. The number of fused-ring (bicyclic) bond motifs is 1. The predicted molar refractivity (Wildman–Crippen MR) is 66.3 cm³/mol. The van der Waals surface area contributed by atoms with Gasteiger partial charge in [0.2, 0.25) is 0 Å². The molecule has 0 aliphatic rings. The summed E-state index contributed by atoms with van der Waals surface area (Å²) >= 11 is 0. The molecule has 3 aromatic rings. The molecule has 2 heterocycles. The zero-order chi connectivity index (χ0) is 11.7.